The van der Waals surface area contributed by atoms with Gasteiger partial charge in [0.25, 0.3) is 5.91 Å². The molecule has 1 aliphatic rings. The molecule has 1 fully saturated rings. The van der Waals surface area contributed by atoms with Gasteiger partial charge in [0.1, 0.15) is 0 Å². The van der Waals surface area contributed by atoms with Crippen LogP contribution in [0, 0.1) is 0 Å². The summed E-state index contributed by atoms with van der Waals surface area (Å²) in [6.45, 7) is 0.586. The first-order valence-electron chi connectivity index (χ1n) is 9.73. The van der Waals surface area contributed by atoms with Crippen LogP contribution >= 0.6 is 23.4 Å². The zero-order valence-electron chi connectivity index (χ0n) is 16.8. The minimum Gasteiger partial charge on any atom is -0.456 e. The first-order chi connectivity index (χ1) is 14.9. The molecule has 0 saturated carbocycles. The lowest BCUT2D eigenvalue weighted by molar-refractivity contribution is -0.152. The number of carbonyl (C=O) groups is 2. The lowest BCUT2D eigenvalue weighted by Gasteiger charge is -2.33. The number of carbonyl (C=O) groups excluding carboxylic acids is 2. The van der Waals surface area contributed by atoms with Crippen LogP contribution < -0.4 is 0 Å². The van der Waals surface area contributed by atoms with Crippen molar-refractivity contribution in [2.75, 3.05) is 38.5 Å². The van der Waals surface area contributed by atoms with E-state index in [4.69, 9.17) is 16.3 Å². The highest BCUT2D eigenvalue weighted by molar-refractivity contribution is 7.99. The Morgan fingerprint density at radius 3 is 2.26 bits per heavy atom. The molecule has 1 heterocycles. The topological polar surface area (TPSA) is 84.0 Å². The second-order valence-corrected chi connectivity index (χ2v) is 10.4. The summed E-state index contributed by atoms with van der Waals surface area (Å²) in [5, 5.41) is 0.653. The Kier molecular flexibility index (Phi) is 8.36. The van der Waals surface area contributed by atoms with E-state index in [0.29, 0.717) is 10.8 Å². The zero-order valence-corrected chi connectivity index (χ0v) is 19.2. The van der Waals surface area contributed by atoms with Crippen molar-refractivity contribution in [2.24, 2.45) is 0 Å². The van der Waals surface area contributed by atoms with Crippen molar-refractivity contribution in [1.82, 2.24) is 9.21 Å². The number of hydrogen-bond donors (Lipinski definition) is 0. The summed E-state index contributed by atoms with van der Waals surface area (Å²) < 4.78 is 31.7. The molecule has 10 heteroatoms. The maximum absolute atomic E-state index is 12.6. The van der Waals surface area contributed by atoms with E-state index >= 15 is 0 Å². The fourth-order valence-corrected chi connectivity index (χ4v) is 5.41. The number of amides is 1. The van der Waals surface area contributed by atoms with Crippen LogP contribution in [0.3, 0.4) is 0 Å². The van der Waals surface area contributed by atoms with Gasteiger partial charge in [-0.15, -0.1) is 11.8 Å². The fraction of sp³-hybridized carbons (Fsp3) is 0.333. The van der Waals surface area contributed by atoms with E-state index in [9.17, 15) is 18.0 Å². The Morgan fingerprint density at radius 2 is 1.61 bits per heavy atom. The van der Waals surface area contributed by atoms with Crippen molar-refractivity contribution in [1.29, 1.82) is 0 Å². The Bertz CT molecular complexity index is 992. The Hall–Kier alpha value is -2.07. The molecule has 0 atom stereocenters. The zero-order chi connectivity index (χ0) is 22.3. The van der Waals surface area contributed by atoms with Gasteiger partial charge >= 0.3 is 5.97 Å². The van der Waals surface area contributed by atoms with Crippen LogP contribution in [0.15, 0.2) is 64.4 Å². The normalized spacial score (nSPS) is 14.9. The van der Waals surface area contributed by atoms with E-state index in [1.54, 1.807) is 42.5 Å². The largest absolute Gasteiger partial charge is 0.456 e. The molecule has 1 saturated heterocycles. The quantitative estimate of drug-likeness (QED) is 0.425. The average Bonchev–Trinajstić information content (AvgIpc) is 2.79. The second kappa shape index (κ2) is 11.0. The molecule has 0 aromatic heterocycles. The number of thioether (sulfide) groups is 1. The number of piperazine rings is 1. The number of benzene rings is 2. The van der Waals surface area contributed by atoms with Crippen molar-refractivity contribution in [3.05, 3.63) is 59.6 Å². The summed E-state index contributed by atoms with van der Waals surface area (Å²) in [4.78, 5) is 27.0. The monoisotopic (exact) mass is 482 g/mol. The summed E-state index contributed by atoms with van der Waals surface area (Å²) in [5.41, 5.74) is 0. The van der Waals surface area contributed by atoms with Gasteiger partial charge in [0.05, 0.1) is 11.3 Å². The molecule has 0 radical (unpaired) electrons. The van der Waals surface area contributed by atoms with Gasteiger partial charge in [-0.25, -0.2) is 8.42 Å². The minimum atomic E-state index is -3.57. The molecule has 0 N–H and O–H groups in total. The number of sulfonamides is 1. The van der Waals surface area contributed by atoms with Crippen LogP contribution in [-0.4, -0.2) is 68.0 Å². The fourth-order valence-electron chi connectivity index (χ4n) is 3.01. The second-order valence-electron chi connectivity index (χ2n) is 6.81. The van der Waals surface area contributed by atoms with Crippen LogP contribution in [0.2, 0.25) is 5.02 Å². The molecule has 2 aromatic carbocycles. The summed E-state index contributed by atoms with van der Waals surface area (Å²) in [6, 6.07) is 15.5. The molecule has 7 nitrogen and oxygen atoms in total. The summed E-state index contributed by atoms with van der Waals surface area (Å²) in [5.74, 6) is -0.236. The number of rotatable bonds is 8. The number of ether oxygens (including phenoxy) is 1. The number of nitrogens with zero attached hydrogens (tertiary/aromatic N) is 2. The van der Waals surface area contributed by atoms with Gasteiger partial charge < -0.3 is 9.64 Å². The van der Waals surface area contributed by atoms with Crippen molar-refractivity contribution >= 4 is 45.3 Å². The van der Waals surface area contributed by atoms with Crippen LogP contribution in [0.4, 0.5) is 0 Å². The average molecular weight is 483 g/mol. The van der Waals surface area contributed by atoms with E-state index in [-0.39, 0.29) is 50.0 Å². The highest BCUT2D eigenvalue weighted by Gasteiger charge is 2.30. The molecule has 2 aromatic rings. The number of hydrogen-bond acceptors (Lipinski definition) is 6. The third-order valence-electron chi connectivity index (χ3n) is 4.72. The lowest BCUT2D eigenvalue weighted by Crippen LogP contribution is -2.51. The van der Waals surface area contributed by atoms with E-state index < -0.39 is 16.0 Å². The summed E-state index contributed by atoms with van der Waals surface area (Å²) in [7, 11) is -3.57. The maximum Gasteiger partial charge on any atom is 0.307 e. The van der Waals surface area contributed by atoms with Gasteiger partial charge in [-0.2, -0.15) is 4.31 Å². The van der Waals surface area contributed by atoms with E-state index in [1.807, 2.05) is 12.1 Å². The van der Waals surface area contributed by atoms with Crippen LogP contribution in [0.25, 0.3) is 0 Å². The van der Waals surface area contributed by atoms with Crippen molar-refractivity contribution in [3.63, 3.8) is 0 Å². The third-order valence-corrected chi connectivity index (χ3v) is 7.90. The smallest absolute Gasteiger partial charge is 0.307 e. The molecule has 0 aliphatic carbocycles. The predicted molar refractivity (Wildman–Crippen MR) is 120 cm³/mol. The molecule has 0 bridgehead atoms. The number of halogens is 1. The highest BCUT2D eigenvalue weighted by Crippen LogP contribution is 2.21. The van der Waals surface area contributed by atoms with Gasteiger partial charge in [-0.3, -0.25) is 9.59 Å². The summed E-state index contributed by atoms with van der Waals surface area (Å²) >= 11 is 7.34. The Balaban J connectivity index is 1.38. The molecular formula is C21H23ClN2O5S2. The van der Waals surface area contributed by atoms with Crippen molar-refractivity contribution < 1.29 is 22.7 Å². The molecule has 31 heavy (non-hydrogen) atoms. The number of esters is 1. The lowest BCUT2D eigenvalue weighted by atomic mass is 10.3. The van der Waals surface area contributed by atoms with Gasteiger partial charge in [-0.1, -0.05) is 29.8 Å². The van der Waals surface area contributed by atoms with Crippen LogP contribution in [-0.2, 0) is 24.3 Å². The minimum absolute atomic E-state index is 0.184. The SMILES string of the molecule is O=C(CCSc1ccc(Cl)cc1)OCC(=O)N1CCN(S(=O)(=O)c2ccccc2)CC1. The van der Waals surface area contributed by atoms with E-state index in [2.05, 4.69) is 0 Å². The van der Waals surface area contributed by atoms with Crippen molar-refractivity contribution in [2.45, 2.75) is 16.2 Å². The molecule has 166 valence electrons. The molecule has 3 rings (SSSR count). The standard InChI is InChI=1S/C21H23ClN2O5S2/c22-17-6-8-18(9-7-17)30-15-10-21(26)29-16-20(25)23-11-13-24(14-12-23)31(27,28)19-4-2-1-3-5-19/h1-9H,10-16H2. The van der Waals surface area contributed by atoms with Crippen LogP contribution in [0.5, 0.6) is 0 Å². The molecular weight excluding hydrogens is 460 g/mol. The van der Waals surface area contributed by atoms with E-state index in [0.717, 1.165) is 4.90 Å². The third kappa shape index (κ3) is 6.70. The maximum atomic E-state index is 12.6. The first kappa shape index (κ1) is 23.6. The Labute approximate surface area is 191 Å². The highest BCUT2D eigenvalue weighted by atomic mass is 35.5. The predicted octanol–water partition coefficient (Wildman–Crippen LogP) is 2.90. The molecule has 0 spiro atoms. The molecule has 1 aliphatic heterocycles. The van der Waals surface area contributed by atoms with Gasteiger partial charge in [0.2, 0.25) is 10.0 Å². The van der Waals surface area contributed by atoms with Crippen molar-refractivity contribution in [3.8, 4) is 0 Å². The molecule has 0 unspecified atom stereocenters. The van der Waals surface area contributed by atoms with Gasteiger partial charge in [0, 0.05) is 41.8 Å². The first-order valence-corrected chi connectivity index (χ1v) is 12.5. The van der Waals surface area contributed by atoms with Gasteiger partial charge in [-0.05, 0) is 36.4 Å². The van der Waals surface area contributed by atoms with Crippen LogP contribution in [0.1, 0.15) is 6.42 Å². The Morgan fingerprint density at radius 1 is 0.968 bits per heavy atom. The van der Waals surface area contributed by atoms with Gasteiger partial charge in [0.15, 0.2) is 6.61 Å². The molecule has 1 amide bonds. The summed E-state index contributed by atoms with van der Waals surface area (Å²) in [6.07, 6.45) is 0.184. The van der Waals surface area contributed by atoms with E-state index in [1.165, 1.54) is 21.0 Å².